The quantitative estimate of drug-likeness (QED) is 0.724. The molecule has 2 fully saturated rings. The number of aliphatic hydroxyl groups is 1. The predicted molar refractivity (Wildman–Crippen MR) is 61.9 cm³/mol. The highest BCUT2D eigenvalue weighted by atomic mass is 16.3. The lowest BCUT2D eigenvalue weighted by Crippen LogP contribution is -2.60. The van der Waals surface area contributed by atoms with Gasteiger partial charge in [-0.25, -0.2) is 0 Å². The molecule has 0 saturated carbocycles. The van der Waals surface area contributed by atoms with Crippen LogP contribution in [0, 0.1) is 5.92 Å². The van der Waals surface area contributed by atoms with Crippen LogP contribution in [0.25, 0.3) is 0 Å². The van der Waals surface area contributed by atoms with E-state index in [0.717, 1.165) is 19.4 Å². The van der Waals surface area contributed by atoms with Gasteiger partial charge in [-0.1, -0.05) is 6.92 Å². The second-order valence-corrected chi connectivity index (χ2v) is 5.30. The van der Waals surface area contributed by atoms with Crippen molar-refractivity contribution in [3.63, 3.8) is 0 Å². The molecule has 4 unspecified atom stereocenters. The minimum atomic E-state index is 0.0163. The van der Waals surface area contributed by atoms with Crippen molar-refractivity contribution >= 4 is 0 Å². The summed E-state index contributed by atoms with van der Waals surface area (Å²) in [5.41, 5.74) is 0.0163. The molecule has 0 aliphatic carbocycles. The van der Waals surface area contributed by atoms with E-state index in [1.807, 2.05) is 0 Å². The summed E-state index contributed by atoms with van der Waals surface area (Å²) in [6.07, 6.45) is 3.50. The summed E-state index contributed by atoms with van der Waals surface area (Å²) in [6.45, 7) is 8.29. The fourth-order valence-corrected chi connectivity index (χ4v) is 3.09. The molecule has 2 N–H and O–H groups in total. The molecule has 2 bridgehead atoms. The standard InChI is InChI=1S/C12H24N2O/c1-3-10(2)13-12(9-15)5-7-14-6-4-11(12)8-14/h10-11,13,15H,3-9H2,1-2H3. The summed E-state index contributed by atoms with van der Waals surface area (Å²) in [7, 11) is 0. The van der Waals surface area contributed by atoms with E-state index in [1.165, 1.54) is 19.5 Å². The monoisotopic (exact) mass is 212 g/mol. The number of hydrogen-bond acceptors (Lipinski definition) is 3. The van der Waals surface area contributed by atoms with Crippen LogP contribution in [0.1, 0.15) is 33.1 Å². The van der Waals surface area contributed by atoms with E-state index in [-0.39, 0.29) is 5.54 Å². The Bertz CT molecular complexity index is 222. The highest BCUT2D eigenvalue weighted by Gasteiger charge is 2.45. The first kappa shape index (κ1) is 11.4. The molecule has 0 aromatic heterocycles. The van der Waals surface area contributed by atoms with Crippen molar-refractivity contribution in [2.24, 2.45) is 5.92 Å². The molecule has 0 spiro atoms. The van der Waals surface area contributed by atoms with E-state index >= 15 is 0 Å². The number of aliphatic hydroxyl groups excluding tert-OH is 1. The molecule has 0 amide bonds. The zero-order valence-corrected chi connectivity index (χ0v) is 10.00. The van der Waals surface area contributed by atoms with Crippen molar-refractivity contribution in [1.29, 1.82) is 0 Å². The average molecular weight is 212 g/mol. The van der Waals surface area contributed by atoms with Crippen molar-refractivity contribution in [3.05, 3.63) is 0 Å². The van der Waals surface area contributed by atoms with Gasteiger partial charge in [-0.2, -0.15) is 0 Å². The lowest BCUT2D eigenvalue weighted by Gasteiger charge is -2.44. The zero-order valence-electron chi connectivity index (χ0n) is 10.00. The van der Waals surface area contributed by atoms with Gasteiger partial charge < -0.3 is 15.3 Å². The van der Waals surface area contributed by atoms with Gasteiger partial charge in [0.25, 0.3) is 0 Å². The van der Waals surface area contributed by atoms with Gasteiger partial charge in [-0.15, -0.1) is 0 Å². The molecule has 88 valence electrons. The minimum Gasteiger partial charge on any atom is -0.394 e. The van der Waals surface area contributed by atoms with Gasteiger partial charge in [0.1, 0.15) is 0 Å². The Morgan fingerprint density at radius 3 is 3.00 bits per heavy atom. The molecule has 0 aromatic rings. The normalized spacial score (nSPS) is 41.8. The Kier molecular flexibility index (Phi) is 3.33. The van der Waals surface area contributed by atoms with E-state index < -0.39 is 0 Å². The average Bonchev–Trinajstić information content (AvgIpc) is 2.67. The van der Waals surface area contributed by atoms with Gasteiger partial charge in [0.15, 0.2) is 0 Å². The Hall–Kier alpha value is -0.120. The fourth-order valence-electron chi connectivity index (χ4n) is 3.09. The van der Waals surface area contributed by atoms with Crippen LogP contribution >= 0.6 is 0 Å². The van der Waals surface area contributed by atoms with Crippen molar-refractivity contribution in [2.45, 2.75) is 44.7 Å². The molecule has 3 heteroatoms. The summed E-state index contributed by atoms with van der Waals surface area (Å²) < 4.78 is 0. The molecule has 2 aliphatic rings. The van der Waals surface area contributed by atoms with E-state index in [1.54, 1.807) is 0 Å². The number of nitrogens with one attached hydrogen (secondary N) is 1. The van der Waals surface area contributed by atoms with Gasteiger partial charge in [0.05, 0.1) is 6.61 Å². The summed E-state index contributed by atoms with van der Waals surface area (Å²) in [6, 6.07) is 0.518. The SMILES string of the molecule is CCC(C)NC1(CO)CCN2CCC1C2. The Morgan fingerprint density at radius 1 is 1.53 bits per heavy atom. The smallest absolute Gasteiger partial charge is 0.0617 e. The first-order valence-electron chi connectivity index (χ1n) is 6.31. The zero-order chi connectivity index (χ0) is 10.9. The Balaban J connectivity index is 2.06. The van der Waals surface area contributed by atoms with Crippen LogP contribution in [0.5, 0.6) is 0 Å². The number of piperidine rings is 1. The molecular weight excluding hydrogens is 188 g/mol. The van der Waals surface area contributed by atoms with E-state index in [4.69, 9.17) is 0 Å². The van der Waals surface area contributed by atoms with E-state index in [9.17, 15) is 5.11 Å². The maximum Gasteiger partial charge on any atom is 0.0617 e. The van der Waals surface area contributed by atoms with Gasteiger partial charge in [0.2, 0.25) is 0 Å². The van der Waals surface area contributed by atoms with Crippen molar-refractivity contribution < 1.29 is 5.11 Å². The molecular formula is C12H24N2O. The number of fused-ring (bicyclic) bond motifs is 2. The summed E-state index contributed by atoms with van der Waals surface area (Å²) >= 11 is 0. The Morgan fingerprint density at radius 2 is 2.33 bits per heavy atom. The van der Waals surface area contributed by atoms with Crippen molar-refractivity contribution in [1.82, 2.24) is 10.2 Å². The molecule has 2 heterocycles. The van der Waals surface area contributed by atoms with Crippen LogP contribution in [0.2, 0.25) is 0 Å². The molecule has 4 atom stereocenters. The third-order valence-electron chi connectivity index (χ3n) is 4.36. The van der Waals surface area contributed by atoms with Gasteiger partial charge in [-0.3, -0.25) is 0 Å². The number of rotatable bonds is 4. The maximum absolute atomic E-state index is 9.72. The predicted octanol–water partition coefficient (Wildman–Crippen LogP) is 0.831. The van der Waals surface area contributed by atoms with Crippen molar-refractivity contribution in [2.75, 3.05) is 26.2 Å². The molecule has 2 aliphatic heterocycles. The lowest BCUT2D eigenvalue weighted by molar-refractivity contribution is 0.0564. The summed E-state index contributed by atoms with van der Waals surface area (Å²) in [4.78, 5) is 2.52. The largest absolute Gasteiger partial charge is 0.394 e. The molecule has 2 rings (SSSR count). The lowest BCUT2D eigenvalue weighted by atomic mass is 9.78. The maximum atomic E-state index is 9.72. The van der Waals surface area contributed by atoms with Crippen LogP contribution in [0.15, 0.2) is 0 Å². The molecule has 2 saturated heterocycles. The highest BCUT2D eigenvalue weighted by Crippen LogP contribution is 2.35. The minimum absolute atomic E-state index is 0.0163. The van der Waals surface area contributed by atoms with Crippen LogP contribution in [-0.4, -0.2) is 47.8 Å². The van der Waals surface area contributed by atoms with Gasteiger partial charge in [-0.05, 0) is 45.2 Å². The van der Waals surface area contributed by atoms with Crippen LogP contribution in [-0.2, 0) is 0 Å². The van der Waals surface area contributed by atoms with Crippen LogP contribution < -0.4 is 5.32 Å². The second-order valence-electron chi connectivity index (χ2n) is 5.30. The highest BCUT2D eigenvalue weighted by molar-refractivity contribution is 5.03. The van der Waals surface area contributed by atoms with Gasteiger partial charge >= 0.3 is 0 Å². The first-order valence-corrected chi connectivity index (χ1v) is 6.31. The second kappa shape index (κ2) is 4.40. The fraction of sp³-hybridized carbons (Fsp3) is 1.00. The van der Waals surface area contributed by atoms with E-state index in [2.05, 4.69) is 24.1 Å². The topological polar surface area (TPSA) is 35.5 Å². The molecule has 3 nitrogen and oxygen atoms in total. The summed E-state index contributed by atoms with van der Waals surface area (Å²) in [5.74, 6) is 0.658. The van der Waals surface area contributed by atoms with Crippen LogP contribution in [0.3, 0.4) is 0 Å². The molecule has 0 aromatic carbocycles. The van der Waals surface area contributed by atoms with Crippen molar-refractivity contribution in [3.8, 4) is 0 Å². The summed E-state index contributed by atoms with van der Waals surface area (Å²) in [5, 5.41) is 13.4. The third kappa shape index (κ3) is 2.05. The number of nitrogens with zero attached hydrogens (tertiary/aromatic N) is 1. The molecule has 0 radical (unpaired) electrons. The number of hydrogen-bond donors (Lipinski definition) is 2. The van der Waals surface area contributed by atoms with Gasteiger partial charge in [0, 0.05) is 18.1 Å². The van der Waals surface area contributed by atoms with E-state index in [0.29, 0.717) is 18.6 Å². The molecule has 15 heavy (non-hydrogen) atoms. The Labute approximate surface area is 92.8 Å². The third-order valence-corrected chi connectivity index (χ3v) is 4.36. The van der Waals surface area contributed by atoms with Crippen LogP contribution in [0.4, 0.5) is 0 Å². The first-order chi connectivity index (χ1) is 7.20.